The first-order chi connectivity index (χ1) is 13.2. The highest BCUT2D eigenvalue weighted by Gasteiger charge is 2.16. The van der Waals surface area contributed by atoms with Crippen molar-refractivity contribution in [3.05, 3.63) is 77.9 Å². The van der Waals surface area contributed by atoms with Gasteiger partial charge in [-0.05, 0) is 36.1 Å². The second kappa shape index (κ2) is 8.98. The first kappa shape index (κ1) is 18.6. The molecule has 2 aromatic heterocycles. The van der Waals surface area contributed by atoms with Crippen molar-refractivity contribution in [2.24, 2.45) is 0 Å². The van der Waals surface area contributed by atoms with Crippen LogP contribution in [-0.4, -0.2) is 25.7 Å². The summed E-state index contributed by atoms with van der Waals surface area (Å²) in [5.41, 5.74) is 4.06. The van der Waals surface area contributed by atoms with Gasteiger partial charge in [0.2, 0.25) is 0 Å². The number of hydrogen-bond acceptors (Lipinski definition) is 3. The standard InChI is InChI=1S/C21H25N5O/c1-3-17-7-9-18(10-8-17)14-25(15-19-6-5-11-22-12-19)21(27)24-20-13-23-26(4-2)16-20/h5-13,16H,3-4,14-15H2,1-2H3,(H,24,27). The fourth-order valence-corrected chi connectivity index (χ4v) is 2.82. The Hall–Kier alpha value is -3.15. The van der Waals surface area contributed by atoms with Gasteiger partial charge in [0.15, 0.2) is 0 Å². The molecule has 6 heteroatoms. The van der Waals surface area contributed by atoms with Gasteiger partial charge in [-0.3, -0.25) is 9.67 Å². The molecule has 0 aliphatic carbocycles. The number of urea groups is 1. The third-order valence-electron chi connectivity index (χ3n) is 4.40. The minimum absolute atomic E-state index is 0.158. The van der Waals surface area contributed by atoms with Crippen LogP contribution in [0.25, 0.3) is 0 Å². The molecule has 1 aromatic carbocycles. The summed E-state index contributed by atoms with van der Waals surface area (Å²) in [6.45, 7) is 5.91. The maximum atomic E-state index is 12.9. The number of aryl methyl sites for hydroxylation is 2. The molecule has 3 rings (SSSR count). The average molecular weight is 363 g/mol. The van der Waals surface area contributed by atoms with Crippen molar-refractivity contribution in [3.63, 3.8) is 0 Å². The average Bonchev–Trinajstić information content (AvgIpc) is 3.16. The van der Waals surface area contributed by atoms with E-state index in [0.717, 1.165) is 24.1 Å². The summed E-state index contributed by atoms with van der Waals surface area (Å²) in [5, 5.41) is 7.15. The number of nitrogens with zero attached hydrogens (tertiary/aromatic N) is 4. The third-order valence-corrected chi connectivity index (χ3v) is 4.40. The van der Waals surface area contributed by atoms with Gasteiger partial charge < -0.3 is 10.2 Å². The number of nitrogens with one attached hydrogen (secondary N) is 1. The normalized spacial score (nSPS) is 10.6. The lowest BCUT2D eigenvalue weighted by Gasteiger charge is -2.23. The smallest absolute Gasteiger partial charge is 0.316 e. The molecule has 2 heterocycles. The van der Waals surface area contributed by atoms with E-state index >= 15 is 0 Å². The Balaban J connectivity index is 1.76. The van der Waals surface area contributed by atoms with Crippen LogP contribution in [0.4, 0.5) is 10.5 Å². The minimum Gasteiger partial charge on any atom is -0.316 e. The Bertz CT molecular complexity index is 858. The topological polar surface area (TPSA) is 63.1 Å². The van der Waals surface area contributed by atoms with Gasteiger partial charge in [-0.2, -0.15) is 5.10 Å². The summed E-state index contributed by atoms with van der Waals surface area (Å²) in [4.78, 5) is 18.8. The monoisotopic (exact) mass is 363 g/mol. The lowest BCUT2D eigenvalue weighted by Crippen LogP contribution is -2.34. The van der Waals surface area contributed by atoms with E-state index < -0.39 is 0 Å². The second-order valence-electron chi connectivity index (χ2n) is 6.40. The zero-order valence-corrected chi connectivity index (χ0v) is 15.8. The van der Waals surface area contributed by atoms with Crippen LogP contribution in [-0.2, 0) is 26.1 Å². The molecule has 140 valence electrons. The van der Waals surface area contributed by atoms with Gasteiger partial charge in [-0.1, -0.05) is 37.3 Å². The van der Waals surface area contributed by atoms with Crippen LogP contribution in [0, 0.1) is 0 Å². The molecule has 3 aromatic rings. The Morgan fingerprint density at radius 1 is 1.04 bits per heavy atom. The molecule has 2 amide bonds. The maximum absolute atomic E-state index is 12.9. The zero-order valence-electron chi connectivity index (χ0n) is 15.8. The molecule has 0 fully saturated rings. The quantitative estimate of drug-likeness (QED) is 0.687. The van der Waals surface area contributed by atoms with Gasteiger partial charge in [0.05, 0.1) is 11.9 Å². The molecular formula is C21H25N5O. The second-order valence-corrected chi connectivity index (χ2v) is 6.40. The van der Waals surface area contributed by atoms with Crippen molar-refractivity contribution in [1.29, 1.82) is 0 Å². The predicted molar refractivity (Wildman–Crippen MR) is 106 cm³/mol. The molecule has 0 aliphatic rings. The summed E-state index contributed by atoms with van der Waals surface area (Å²) in [6.07, 6.45) is 8.02. The first-order valence-corrected chi connectivity index (χ1v) is 9.23. The van der Waals surface area contributed by atoms with Crippen molar-refractivity contribution in [2.75, 3.05) is 5.32 Å². The highest BCUT2D eigenvalue weighted by atomic mass is 16.2. The number of aromatic nitrogens is 3. The number of pyridine rings is 1. The molecule has 0 aliphatic heterocycles. The maximum Gasteiger partial charge on any atom is 0.322 e. The Morgan fingerprint density at radius 2 is 1.78 bits per heavy atom. The fraction of sp³-hybridized carbons (Fsp3) is 0.286. The van der Waals surface area contributed by atoms with Gasteiger partial charge in [-0.25, -0.2) is 4.79 Å². The molecule has 0 spiro atoms. The minimum atomic E-state index is -0.158. The predicted octanol–water partition coefficient (Wildman–Crippen LogP) is 4.09. The van der Waals surface area contributed by atoms with Crippen LogP contribution in [0.2, 0.25) is 0 Å². The van der Waals surface area contributed by atoms with E-state index in [-0.39, 0.29) is 6.03 Å². The largest absolute Gasteiger partial charge is 0.322 e. The molecule has 0 saturated carbocycles. The fourth-order valence-electron chi connectivity index (χ4n) is 2.82. The summed E-state index contributed by atoms with van der Waals surface area (Å²) >= 11 is 0. The van der Waals surface area contributed by atoms with Gasteiger partial charge in [0.25, 0.3) is 0 Å². The van der Waals surface area contributed by atoms with E-state index in [1.165, 1.54) is 5.56 Å². The van der Waals surface area contributed by atoms with Crippen molar-refractivity contribution in [2.45, 2.75) is 39.9 Å². The molecule has 0 radical (unpaired) electrons. The highest BCUT2D eigenvalue weighted by molar-refractivity contribution is 5.89. The molecule has 0 bridgehead atoms. The Kier molecular flexibility index (Phi) is 6.20. The van der Waals surface area contributed by atoms with E-state index in [4.69, 9.17) is 0 Å². The molecule has 27 heavy (non-hydrogen) atoms. The SMILES string of the molecule is CCc1ccc(CN(Cc2cccnc2)C(=O)Nc2cnn(CC)c2)cc1. The zero-order chi connectivity index (χ0) is 19.1. The van der Waals surface area contributed by atoms with E-state index in [1.807, 2.05) is 25.3 Å². The van der Waals surface area contributed by atoms with E-state index in [9.17, 15) is 4.79 Å². The molecular weight excluding hydrogens is 338 g/mol. The van der Waals surface area contributed by atoms with Crippen molar-refractivity contribution in [3.8, 4) is 0 Å². The number of carbonyl (C=O) groups is 1. The third kappa shape index (κ3) is 5.17. The Labute approximate surface area is 159 Å². The number of amides is 2. The number of benzene rings is 1. The number of carbonyl (C=O) groups excluding carboxylic acids is 1. The Morgan fingerprint density at radius 3 is 2.41 bits per heavy atom. The number of anilines is 1. The number of rotatable bonds is 7. The molecule has 0 saturated heterocycles. The van der Waals surface area contributed by atoms with Crippen LogP contribution in [0.3, 0.4) is 0 Å². The highest BCUT2D eigenvalue weighted by Crippen LogP contribution is 2.14. The van der Waals surface area contributed by atoms with Gasteiger partial charge in [0.1, 0.15) is 0 Å². The van der Waals surface area contributed by atoms with Gasteiger partial charge >= 0.3 is 6.03 Å². The lowest BCUT2D eigenvalue weighted by molar-refractivity contribution is 0.206. The van der Waals surface area contributed by atoms with Crippen LogP contribution in [0.5, 0.6) is 0 Å². The van der Waals surface area contributed by atoms with Crippen LogP contribution >= 0.6 is 0 Å². The van der Waals surface area contributed by atoms with Crippen molar-refractivity contribution in [1.82, 2.24) is 19.7 Å². The summed E-state index contributed by atoms with van der Waals surface area (Å²) < 4.78 is 1.78. The first-order valence-electron chi connectivity index (χ1n) is 9.23. The molecule has 0 unspecified atom stereocenters. The molecule has 6 nitrogen and oxygen atoms in total. The molecule has 1 N–H and O–H groups in total. The summed E-state index contributed by atoms with van der Waals surface area (Å²) in [6, 6.07) is 12.1. The van der Waals surface area contributed by atoms with E-state index in [1.54, 1.807) is 28.2 Å². The van der Waals surface area contributed by atoms with Gasteiger partial charge in [0, 0.05) is 38.2 Å². The van der Waals surface area contributed by atoms with Crippen LogP contribution in [0.1, 0.15) is 30.5 Å². The van der Waals surface area contributed by atoms with Crippen molar-refractivity contribution < 1.29 is 4.79 Å². The van der Waals surface area contributed by atoms with E-state index in [0.29, 0.717) is 18.8 Å². The van der Waals surface area contributed by atoms with E-state index in [2.05, 4.69) is 46.6 Å². The summed E-state index contributed by atoms with van der Waals surface area (Å²) in [5.74, 6) is 0. The lowest BCUT2D eigenvalue weighted by atomic mass is 10.1. The van der Waals surface area contributed by atoms with Crippen LogP contribution < -0.4 is 5.32 Å². The number of hydrogen-bond donors (Lipinski definition) is 1. The van der Waals surface area contributed by atoms with Gasteiger partial charge in [-0.15, -0.1) is 0 Å². The molecule has 0 atom stereocenters. The van der Waals surface area contributed by atoms with Crippen LogP contribution in [0.15, 0.2) is 61.2 Å². The summed E-state index contributed by atoms with van der Waals surface area (Å²) in [7, 11) is 0. The van der Waals surface area contributed by atoms with Crippen molar-refractivity contribution >= 4 is 11.7 Å².